The fourth-order valence-electron chi connectivity index (χ4n) is 3.97. The molecule has 0 saturated heterocycles. The predicted molar refractivity (Wildman–Crippen MR) is 94.7 cm³/mol. The Hall–Kier alpha value is -0.0800. The number of likely N-dealkylation sites (N-methyl/N-ethyl adjacent to an activating group) is 1. The van der Waals surface area contributed by atoms with E-state index in [1.54, 1.807) is 0 Å². The smallest absolute Gasteiger partial charge is 0.0252 e. The van der Waals surface area contributed by atoms with E-state index in [2.05, 4.69) is 58.7 Å². The van der Waals surface area contributed by atoms with Crippen LogP contribution in [0.25, 0.3) is 0 Å². The molecular formula is C19H40N2. The van der Waals surface area contributed by atoms with Crippen LogP contribution in [0.4, 0.5) is 0 Å². The highest BCUT2D eigenvalue weighted by atomic mass is 15.2. The monoisotopic (exact) mass is 296 g/mol. The van der Waals surface area contributed by atoms with Crippen LogP contribution in [0.2, 0.25) is 0 Å². The fraction of sp³-hybridized carbons (Fsp3) is 1.00. The minimum Gasteiger partial charge on any atom is -0.313 e. The van der Waals surface area contributed by atoms with Crippen LogP contribution in [-0.2, 0) is 0 Å². The van der Waals surface area contributed by atoms with Crippen LogP contribution in [0.3, 0.4) is 0 Å². The first-order valence-corrected chi connectivity index (χ1v) is 9.32. The van der Waals surface area contributed by atoms with E-state index in [4.69, 9.17) is 0 Å². The number of nitrogens with one attached hydrogen (secondary N) is 1. The quantitative estimate of drug-likeness (QED) is 0.714. The number of rotatable bonds is 8. The third kappa shape index (κ3) is 6.28. The number of hydrogen-bond donors (Lipinski definition) is 1. The van der Waals surface area contributed by atoms with Gasteiger partial charge in [-0.25, -0.2) is 0 Å². The molecule has 1 rings (SSSR count). The van der Waals surface area contributed by atoms with Crippen molar-refractivity contribution in [1.82, 2.24) is 10.2 Å². The summed E-state index contributed by atoms with van der Waals surface area (Å²) >= 11 is 0. The van der Waals surface area contributed by atoms with Gasteiger partial charge in [0.25, 0.3) is 0 Å². The lowest BCUT2D eigenvalue weighted by atomic mass is 9.76. The highest BCUT2D eigenvalue weighted by Crippen LogP contribution is 2.33. The van der Waals surface area contributed by atoms with Crippen LogP contribution in [-0.4, -0.2) is 36.6 Å². The second-order valence-electron chi connectivity index (χ2n) is 8.29. The van der Waals surface area contributed by atoms with Crippen LogP contribution in [0.5, 0.6) is 0 Å². The molecule has 1 fully saturated rings. The zero-order valence-electron chi connectivity index (χ0n) is 15.7. The summed E-state index contributed by atoms with van der Waals surface area (Å²) in [4.78, 5) is 2.80. The lowest BCUT2D eigenvalue weighted by Gasteiger charge is -2.45. The summed E-state index contributed by atoms with van der Waals surface area (Å²) in [5, 5.41) is 3.78. The summed E-state index contributed by atoms with van der Waals surface area (Å²) in [6.45, 7) is 20.1. The molecule has 3 atom stereocenters. The summed E-state index contributed by atoms with van der Waals surface area (Å²) < 4.78 is 0. The summed E-state index contributed by atoms with van der Waals surface area (Å²) in [7, 11) is 0. The van der Waals surface area contributed by atoms with Gasteiger partial charge in [0.15, 0.2) is 0 Å². The molecule has 1 aliphatic carbocycles. The van der Waals surface area contributed by atoms with Gasteiger partial charge in [0.05, 0.1) is 0 Å². The molecule has 0 aromatic rings. The minimum atomic E-state index is 0.697. The Morgan fingerprint density at radius 3 is 1.95 bits per heavy atom. The fourth-order valence-corrected chi connectivity index (χ4v) is 3.97. The number of hydrogen-bond acceptors (Lipinski definition) is 2. The van der Waals surface area contributed by atoms with Crippen LogP contribution in [0, 0.1) is 23.7 Å². The summed E-state index contributed by atoms with van der Waals surface area (Å²) in [6.07, 6.45) is 4.14. The van der Waals surface area contributed by atoms with Crippen molar-refractivity contribution in [3.63, 3.8) is 0 Å². The molecule has 0 radical (unpaired) electrons. The largest absolute Gasteiger partial charge is 0.313 e. The highest BCUT2D eigenvalue weighted by Gasteiger charge is 2.35. The Kier molecular flexibility index (Phi) is 8.26. The normalized spacial score (nSPS) is 27.3. The first-order valence-electron chi connectivity index (χ1n) is 9.32. The Balaban J connectivity index is 2.83. The average Bonchev–Trinajstić information content (AvgIpc) is 2.37. The van der Waals surface area contributed by atoms with Gasteiger partial charge in [0, 0.05) is 25.2 Å². The molecule has 1 aliphatic rings. The van der Waals surface area contributed by atoms with Gasteiger partial charge in [0.2, 0.25) is 0 Å². The second kappa shape index (κ2) is 9.15. The van der Waals surface area contributed by atoms with Gasteiger partial charge in [-0.1, -0.05) is 48.5 Å². The van der Waals surface area contributed by atoms with E-state index in [1.165, 1.54) is 32.4 Å². The van der Waals surface area contributed by atoms with Crippen molar-refractivity contribution in [2.45, 2.75) is 79.8 Å². The van der Waals surface area contributed by atoms with Crippen molar-refractivity contribution in [3.8, 4) is 0 Å². The van der Waals surface area contributed by atoms with E-state index in [1.807, 2.05) is 0 Å². The second-order valence-corrected chi connectivity index (χ2v) is 8.29. The van der Waals surface area contributed by atoms with E-state index < -0.39 is 0 Å². The third-order valence-electron chi connectivity index (χ3n) is 4.93. The molecule has 3 unspecified atom stereocenters. The molecule has 0 spiro atoms. The molecular weight excluding hydrogens is 256 g/mol. The highest BCUT2D eigenvalue weighted by molar-refractivity contribution is 4.92. The molecule has 0 bridgehead atoms. The lowest BCUT2D eigenvalue weighted by Crippen LogP contribution is -2.55. The standard InChI is InChI=1S/C19H40N2/c1-8-20-18-10-9-17(16(6)7)11-19(18)21(12-14(2)3)13-15(4)5/h14-20H,8-13H2,1-7H3. The molecule has 0 amide bonds. The van der Waals surface area contributed by atoms with Crippen LogP contribution < -0.4 is 5.32 Å². The molecule has 0 aromatic heterocycles. The van der Waals surface area contributed by atoms with Crippen molar-refractivity contribution in [3.05, 3.63) is 0 Å². The van der Waals surface area contributed by atoms with Crippen molar-refractivity contribution in [1.29, 1.82) is 0 Å². The number of nitrogens with zero attached hydrogens (tertiary/aromatic N) is 1. The Morgan fingerprint density at radius 2 is 1.52 bits per heavy atom. The molecule has 21 heavy (non-hydrogen) atoms. The first-order chi connectivity index (χ1) is 9.85. The van der Waals surface area contributed by atoms with E-state index in [-0.39, 0.29) is 0 Å². The van der Waals surface area contributed by atoms with E-state index in [9.17, 15) is 0 Å². The van der Waals surface area contributed by atoms with Gasteiger partial charge in [0.1, 0.15) is 0 Å². The third-order valence-corrected chi connectivity index (χ3v) is 4.93. The zero-order chi connectivity index (χ0) is 16.0. The van der Waals surface area contributed by atoms with Gasteiger partial charge < -0.3 is 5.32 Å². The summed E-state index contributed by atoms with van der Waals surface area (Å²) in [5.41, 5.74) is 0. The summed E-state index contributed by atoms with van der Waals surface area (Å²) in [5.74, 6) is 3.25. The topological polar surface area (TPSA) is 15.3 Å². The molecule has 0 aliphatic heterocycles. The molecule has 0 heterocycles. The SMILES string of the molecule is CCNC1CCC(C(C)C)CC1N(CC(C)C)CC(C)C. The van der Waals surface area contributed by atoms with Gasteiger partial charge >= 0.3 is 0 Å². The average molecular weight is 297 g/mol. The maximum Gasteiger partial charge on any atom is 0.0252 e. The Bertz CT molecular complexity index is 263. The Morgan fingerprint density at radius 1 is 0.952 bits per heavy atom. The molecule has 0 aromatic carbocycles. The first kappa shape index (κ1) is 19.0. The van der Waals surface area contributed by atoms with Crippen LogP contribution in [0.1, 0.15) is 67.7 Å². The van der Waals surface area contributed by atoms with Crippen molar-refractivity contribution in [2.24, 2.45) is 23.7 Å². The lowest BCUT2D eigenvalue weighted by molar-refractivity contribution is 0.0656. The molecule has 1 N–H and O–H groups in total. The van der Waals surface area contributed by atoms with Gasteiger partial charge in [-0.15, -0.1) is 0 Å². The zero-order valence-corrected chi connectivity index (χ0v) is 15.7. The molecule has 2 heteroatoms. The van der Waals surface area contributed by atoms with Crippen LogP contribution >= 0.6 is 0 Å². The predicted octanol–water partition coefficient (Wildman–Crippen LogP) is 4.40. The molecule has 1 saturated carbocycles. The minimum absolute atomic E-state index is 0.697. The van der Waals surface area contributed by atoms with E-state index in [0.29, 0.717) is 6.04 Å². The van der Waals surface area contributed by atoms with Crippen molar-refractivity contribution in [2.75, 3.05) is 19.6 Å². The molecule has 2 nitrogen and oxygen atoms in total. The maximum atomic E-state index is 3.78. The Labute approximate surface area is 134 Å². The van der Waals surface area contributed by atoms with Gasteiger partial charge in [-0.3, -0.25) is 4.90 Å². The molecule has 126 valence electrons. The van der Waals surface area contributed by atoms with Crippen molar-refractivity contribution >= 4 is 0 Å². The van der Waals surface area contributed by atoms with Gasteiger partial charge in [-0.05, 0) is 49.5 Å². The van der Waals surface area contributed by atoms with E-state index in [0.717, 1.165) is 36.3 Å². The van der Waals surface area contributed by atoms with E-state index >= 15 is 0 Å². The maximum absolute atomic E-state index is 3.78. The van der Waals surface area contributed by atoms with Crippen LogP contribution in [0.15, 0.2) is 0 Å². The summed E-state index contributed by atoms with van der Waals surface area (Å²) in [6, 6.07) is 1.43. The van der Waals surface area contributed by atoms with Crippen molar-refractivity contribution < 1.29 is 0 Å². The van der Waals surface area contributed by atoms with Gasteiger partial charge in [-0.2, -0.15) is 0 Å².